The molecule has 0 aromatic heterocycles. The fourth-order valence-corrected chi connectivity index (χ4v) is 3.55. The Hall–Kier alpha value is -0.0400. The molecule has 1 nitrogen and oxygen atoms in total. The van der Waals surface area contributed by atoms with Crippen molar-refractivity contribution in [2.24, 2.45) is 23.2 Å². The van der Waals surface area contributed by atoms with Gasteiger partial charge in [0.15, 0.2) is 0 Å². The highest BCUT2D eigenvalue weighted by Gasteiger charge is 2.37. The number of rotatable bonds is 1. The highest BCUT2D eigenvalue weighted by Crippen LogP contribution is 2.46. The SMILES string of the molecule is CCC.C[C@H]1CCC(C2CCNCC2)CC1(C)C. The van der Waals surface area contributed by atoms with E-state index in [1.54, 1.807) is 0 Å². The lowest BCUT2D eigenvalue weighted by Gasteiger charge is -2.44. The molecule has 1 heterocycles. The van der Waals surface area contributed by atoms with Crippen molar-refractivity contribution in [3.05, 3.63) is 0 Å². The quantitative estimate of drug-likeness (QED) is 0.703. The third-order valence-electron chi connectivity index (χ3n) is 5.14. The van der Waals surface area contributed by atoms with Crippen LogP contribution in [0.1, 0.15) is 73.1 Å². The number of nitrogens with one attached hydrogen (secondary N) is 1. The molecule has 1 N–H and O–H groups in total. The summed E-state index contributed by atoms with van der Waals surface area (Å²) in [5.74, 6) is 2.98. The summed E-state index contributed by atoms with van der Waals surface area (Å²) in [5.41, 5.74) is 0.591. The van der Waals surface area contributed by atoms with Crippen LogP contribution in [0.15, 0.2) is 0 Å². The summed E-state index contributed by atoms with van der Waals surface area (Å²) >= 11 is 0. The van der Waals surface area contributed by atoms with Gasteiger partial charge in [-0.05, 0) is 68.4 Å². The molecular weight excluding hydrogens is 218 g/mol. The Bertz CT molecular complexity index is 216. The molecule has 1 saturated carbocycles. The van der Waals surface area contributed by atoms with Gasteiger partial charge in [0.05, 0.1) is 0 Å². The largest absolute Gasteiger partial charge is 0.317 e. The zero-order chi connectivity index (χ0) is 13.6. The molecule has 1 heteroatoms. The fraction of sp³-hybridized carbons (Fsp3) is 1.00. The average Bonchev–Trinajstić information content (AvgIpc) is 2.35. The lowest BCUT2D eigenvalue weighted by atomic mass is 9.62. The zero-order valence-corrected chi connectivity index (χ0v) is 13.4. The molecule has 0 aromatic rings. The van der Waals surface area contributed by atoms with E-state index in [0.29, 0.717) is 5.41 Å². The molecule has 108 valence electrons. The molecule has 2 atom stereocenters. The Kier molecular flexibility index (Phi) is 6.70. The van der Waals surface area contributed by atoms with Crippen LogP contribution in [0.2, 0.25) is 0 Å². The lowest BCUT2D eigenvalue weighted by molar-refractivity contribution is 0.0669. The van der Waals surface area contributed by atoms with Crippen LogP contribution >= 0.6 is 0 Å². The molecule has 1 aliphatic carbocycles. The molecule has 0 bridgehead atoms. The van der Waals surface area contributed by atoms with E-state index in [-0.39, 0.29) is 0 Å². The number of hydrogen-bond donors (Lipinski definition) is 1. The Balaban J connectivity index is 0.000000492. The fourth-order valence-electron chi connectivity index (χ4n) is 3.55. The van der Waals surface area contributed by atoms with Crippen molar-refractivity contribution in [1.82, 2.24) is 5.32 Å². The van der Waals surface area contributed by atoms with Gasteiger partial charge in [-0.2, -0.15) is 0 Å². The van der Waals surface area contributed by atoms with Gasteiger partial charge in [-0.3, -0.25) is 0 Å². The van der Waals surface area contributed by atoms with Gasteiger partial charge in [-0.25, -0.2) is 0 Å². The highest BCUT2D eigenvalue weighted by atomic mass is 14.9. The van der Waals surface area contributed by atoms with Gasteiger partial charge in [0.25, 0.3) is 0 Å². The minimum absolute atomic E-state index is 0.591. The van der Waals surface area contributed by atoms with Gasteiger partial charge in [-0.15, -0.1) is 0 Å². The predicted octanol–water partition coefficient (Wildman–Crippen LogP) is 4.86. The van der Waals surface area contributed by atoms with Crippen molar-refractivity contribution in [2.75, 3.05) is 13.1 Å². The lowest BCUT2D eigenvalue weighted by Crippen LogP contribution is -2.37. The Morgan fingerprint density at radius 2 is 1.50 bits per heavy atom. The molecule has 0 aromatic carbocycles. The van der Waals surface area contributed by atoms with E-state index in [1.165, 1.54) is 51.6 Å². The summed E-state index contributed by atoms with van der Waals surface area (Å²) < 4.78 is 0. The van der Waals surface area contributed by atoms with Gasteiger partial charge in [0.1, 0.15) is 0 Å². The van der Waals surface area contributed by atoms with Gasteiger partial charge < -0.3 is 5.32 Å². The van der Waals surface area contributed by atoms with E-state index in [1.807, 2.05) is 0 Å². The molecule has 1 aliphatic heterocycles. The minimum Gasteiger partial charge on any atom is -0.317 e. The standard InChI is InChI=1S/C14H27N.C3H8/c1-11-4-5-13(10-14(11,2)3)12-6-8-15-9-7-12;1-3-2/h11-13,15H,4-10H2,1-3H3;3H2,1-2H3/t11-,13?;/m0./s1. The zero-order valence-electron chi connectivity index (χ0n) is 13.4. The monoisotopic (exact) mass is 253 g/mol. The van der Waals surface area contributed by atoms with Crippen molar-refractivity contribution in [3.8, 4) is 0 Å². The second-order valence-electron chi connectivity index (χ2n) is 7.23. The maximum atomic E-state index is 3.48. The molecule has 2 aliphatic rings. The minimum atomic E-state index is 0.591. The van der Waals surface area contributed by atoms with Crippen molar-refractivity contribution >= 4 is 0 Å². The van der Waals surface area contributed by atoms with Crippen LogP contribution in [-0.4, -0.2) is 13.1 Å². The molecule has 1 saturated heterocycles. The van der Waals surface area contributed by atoms with Crippen molar-refractivity contribution in [1.29, 1.82) is 0 Å². The molecule has 0 radical (unpaired) electrons. The van der Waals surface area contributed by atoms with E-state index in [4.69, 9.17) is 0 Å². The summed E-state index contributed by atoms with van der Waals surface area (Å²) in [6, 6.07) is 0. The summed E-state index contributed by atoms with van der Waals surface area (Å²) in [7, 11) is 0. The van der Waals surface area contributed by atoms with Crippen LogP contribution < -0.4 is 5.32 Å². The maximum absolute atomic E-state index is 3.48. The summed E-state index contributed by atoms with van der Waals surface area (Å²) in [5, 5.41) is 3.48. The molecule has 1 unspecified atom stereocenters. The van der Waals surface area contributed by atoms with Crippen molar-refractivity contribution < 1.29 is 0 Å². The van der Waals surface area contributed by atoms with E-state index < -0.39 is 0 Å². The van der Waals surface area contributed by atoms with Crippen LogP contribution in [0.5, 0.6) is 0 Å². The first-order valence-corrected chi connectivity index (χ1v) is 8.22. The van der Waals surface area contributed by atoms with Crippen LogP contribution in [0.3, 0.4) is 0 Å². The second-order valence-corrected chi connectivity index (χ2v) is 7.23. The molecular formula is C17H35N. The Morgan fingerprint density at radius 1 is 0.944 bits per heavy atom. The van der Waals surface area contributed by atoms with Crippen LogP contribution in [0, 0.1) is 23.2 Å². The molecule has 0 amide bonds. The van der Waals surface area contributed by atoms with E-state index in [9.17, 15) is 0 Å². The third-order valence-corrected chi connectivity index (χ3v) is 5.14. The van der Waals surface area contributed by atoms with Crippen LogP contribution in [0.4, 0.5) is 0 Å². The average molecular weight is 253 g/mol. The predicted molar refractivity (Wildman–Crippen MR) is 81.8 cm³/mol. The smallest absolute Gasteiger partial charge is 0.00462 e. The van der Waals surface area contributed by atoms with Crippen molar-refractivity contribution in [2.45, 2.75) is 73.1 Å². The first kappa shape index (κ1) is 16.0. The third kappa shape index (κ3) is 4.57. The maximum Gasteiger partial charge on any atom is -0.00462 e. The topological polar surface area (TPSA) is 12.0 Å². The van der Waals surface area contributed by atoms with Gasteiger partial charge >= 0.3 is 0 Å². The van der Waals surface area contributed by atoms with E-state index in [2.05, 4.69) is 39.9 Å². The van der Waals surface area contributed by atoms with Crippen LogP contribution in [-0.2, 0) is 0 Å². The Labute approximate surface area is 115 Å². The molecule has 2 rings (SSSR count). The van der Waals surface area contributed by atoms with E-state index >= 15 is 0 Å². The van der Waals surface area contributed by atoms with E-state index in [0.717, 1.165) is 17.8 Å². The molecule has 0 spiro atoms. The second kappa shape index (κ2) is 7.53. The van der Waals surface area contributed by atoms with Crippen molar-refractivity contribution in [3.63, 3.8) is 0 Å². The summed E-state index contributed by atoms with van der Waals surface area (Å²) in [6.07, 6.45) is 8.53. The first-order chi connectivity index (χ1) is 8.51. The first-order valence-electron chi connectivity index (χ1n) is 8.22. The summed E-state index contributed by atoms with van der Waals surface area (Å²) in [4.78, 5) is 0. The van der Waals surface area contributed by atoms with Gasteiger partial charge in [0.2, 0.25) is 0 Å². The highest BCUT2D eigenvalue weighted by molar-refractivity contribution is 4.88. The summed E-state index contributed by atoms with van der Waals surface area (Å²) in [6.45, 7) is 14.2. The molecule has 18 heavy (non-hydrogen) atoms. The van der Waals surface area contributed by atoms with Gasteiger partial charge in [0, 0.05) is 0 Å². The molecule has 2 fully saturated rings. The number of hydrogen-bond acceptors (Lipinski definition) is 1. The normalized spacial score (nSPS) is 32.5. The van der Waals surface area contributed by atoms with Crippen LogP contribution in [0.25, 0.3) is 0 Å². The van der Waals surface area contributed by atoms with Gasteiger partial charge in [-0.1, -0.05) is 41.0 Å². The Morgan fingerprint density at radius 3 is 2.00 bits per heavy atom. The number of piperidine rings is 1.